The first-order valence-corrected chi connectivity index (χ1v) is 1.43. The molecule has 0 amide bonds. The number of aromatic nitrogens is 2. The molecule has 0 bridgehead atoms. The van der Waals surface area contributed by atoms with Gasteiger partial charge in [-0.25, -0.2) is 4.98 Å². The Morgan fingerprint density at radius 3 is 1.67 bits per heavy atom. The van der Waals surface area contributed by atoms with Gasteiger partial charge >= 0.3 is 0 Å². The number of imidazole rings is 1. The summed E-state index contributed by atoms with van der Waals surface area (Å²) >= 11 is 0. The summed E-state index contributed by atoms with van der Waals surface area (Å²) in [4.78, 5) is 6.42. The molecule has 0 aliphatic rings. The van der Waals surface area contributed by atoms with Crippen molar-refractivity contribution in [3.8, 4) is 0 Å². The molecule has 0 aliphatic carbocycles. The Hall–Kier alpha value is 0.370. The Morgan fingerprint density at radius 1 is 1.00 bits per heavy atom. The van der Waals surface area contributed by atoms with Crippen LogP contribution in [-0.2, 0) is 0 Å². The summed E-state index contributed by atoms with van der Waals surface area (Å²) in [6, 6.07) is 0. The van der Waals surface area contributed by atoms with E-state index in [9.17, 15) is 0 Å². The van der Waals surface area contributed by atoms with Gasteiger partial charge in [0.2, 0.25) is 0 Å². The lowest BCUT2D eigenvalue weighted by Crippen LogP contribution is -1.44. The summed E-state index contributed by atoms with van der Waals surface area (Å²) in [5.41, 5.74) is 0. The van der Waals surface area contributed by atoms with E-state index in [0.717, 1.165) is 0 Å². The number of rotatable bonds is 0. The molecule has 0 fully saturated rings. The van der Waals surface area contributed by atoms with Gasteiger partial charge in [0.25, 0.3) is 0 Å². The number of H-pyrrole nitrogens is 1. The average molecular weight is 214 g/mol. The Bertz CT molecular complexity index is 70.3. The SMILES string of the molecule is Cl.Cl.Cl.Cl.c1c[nH]cn1. The van der Waals surface area contributed by atoms with E-state index in [1.165, 1.54) is 0 Å². The maximum absolute atomic E-state index is 3.67. The third kappa shape index (κ3) is 11.8. The van der Waals surface area contributed by atoms with Gasteiger partial charge in [-0.15, -0.1) is 49.6 Å². The minimum Gasteiger partial charge on any atom is -0.351 e. The third-order valence-corrected chi connectivity index (χ3v) is 0.406. The molecule has 1 aromatic rings. The maximum Gasteiger partial charge on any atom is 0.0919 e. The first kappa shape index (κ1) is 22.8. The summed E-state index contributed by atoms with van der Waals surface area (Å²) < 4.78 is 0. The molecule has 1 N–H and O–H groups in total. The van der Waals surface area contributed by atoms with Gasteiger partial charge < -0.3 is 4.98 Å². The number of nitrogens with zero attached hydrogens (tertiary/aromatic N) is 1. The van der Waals surface area contributed by atoms with Crippen LogP contribution in [0.5, 0.6) is 0 Å². The molecule has 1 aromatic heterocycles. The molecule has 0 spiro atoms. The molecule has 1 rings (SSSR count). The zero-order valence-corrected chi connectivity index (χ0v) is 7.58. The fraction of sp³-hybridized carbons (Fsp3) is 0. The molecule has 0 aliphatic heterocycles. The van der Waals surface area contributed by atoms with Crippen LogP contribution in [0.25, 0.3) is 0 Å². The van der Waals surface area contributed by atoms with Crippen LogP contribution in [0.2, 0.25) is 0 Å². The largest absolute Gasteiger partial charge is 0.351 e. The second kappa shape index (κ2) is 15.8. The van der Waals surface area contributed by atoms with Crippen molar-refractivity contribution in [3.05, 3.63) is 18.7 Å². The summed E-state index contributed by atoms with van der Waals surface area (Å²) in [6.07, 6.45) is 5.08. The summed E-state index contributed by atoms with van der Waals surface area (Å²) in [5.74, 6) is 0. The predicted molar refractivity (Wildman–Crippen MR) is 47.6 cm³/mol. The van der Waals surface area contributed by atoms with Gasteiger partial charge in [-0.1, -0.05) is 0 Å². The molecule has 0 unspecified atom stereocenters. The minimum absolute atomic E-state index is 0. The molecule has 6 heteroatoms. The maximum atomic E-state index is 3.67. The first-order chi connectivity index (χ1) is 2.50. The van der Waals surface area contributed by atoms with Gasteiger partial charge in [0.15, 0.2) is 0 Å². The second-order valence-corrected chi connectivity index (χ2v) is 0.761. The average Bonchev–Trinajstić information content (AvgIpc) is 1.76. The smallest absolute Gasteiger partial charge is 0.0919 e. The van der Waals surface area contributed by atoms with Gasteiger partial charge in [-0.3, -0.25) is 0 Å². The van der Waals surface area contributed by atoms with E-state index < -0.39 is 0 Å². The number of aromatic amines is 1. The fourth-order valence-electron chi connectivity index (χ4n) is 0.215. The minimum atomic E-state index is 0. The summed E-state index contributed by atoms with van der Waals surface area (Å²) in [6.45, 7) is 0. The van der Waals surface area contributed by atoms with E-state index in [-0.39, 0.29) is 49.6 Å². The van der Waals surface area contributed by atoms with Crippen LogP contribution in [0.4, 0.5) is 0 Å². The molecular formula is C3H8Cl4N2. The topological polar surface area (TPSA) is 28.7 Å². The molecule has 0 radical (unpaired) electrons. The molecule has 0 saturated carbocycles. The van der Waals surface area contributed by atoms with Gasteiger partial charge in [-0.2, -0.15) is 0 Å². The molecule has 0 aromatic carbocycles. The van der Waals surface area contributed by atoms with Crippen molar-refractivity contribution >= 4 is 49.6 Å². The van der Waals surface area contributed by atoms with Crippen molar-refractivity contribution in [2.24, 2.45) is 0 Å². The van der Waals surface area contributed by atoms with Crippen LogP contribution >= 0.6 is 49.6 Å². The van der Waals surface area contributed by atoms with Gasteiger partial charge in [-0.05, 0) is 0 Å². The van der Waals surface area contributed by atoms with Crippen molar-refractivity contribution in [3.63, 3.8) is 0 Å². The molecular weight excluding hydrogens is 206 g/mol. The quantitative estimate of drug-likeness (QED) is 0.703. The number of halogens is 4. The highest BCUT2D eigenvalue weighted by Crippen LogP contribution is 1.62. The lowest BCUT2D eigenvalue weighted by molar-refractivity contribution is 1.31. The van der Waals surface area contributed by atoms with Crippen LogP contribution in [0.15, 0.2) is 18.7 Å². The van der Waals surface area contributed by atoms with Crippen LogP contribution in [-0.4, -0.2) is 9.97 Å². The lowest BCUT2D eigenvalue weighted by atomic mass is 11.0. The predicted octanol–water partition coefficient (Wildman–Crippen LogP) is 2.10. The molecule has 0 atom stereocenters. The van der Waals surface area contributed by atoms with Crippen molar-refractivity contribution in [1.29, 1.82) is 0 Å². The molecule has 0 saturated heterocycles. The molecule has 1 heterocycles. The highest BCUT2D eigenvalue weighted by molar-refractivity contribution is 5.86. The van der Waals surface area contributed by atoms with Gasteiger partial charge in [0.1, 0.15) is 0 Å². The fourth-order valence-corrected chi connectivity index (χ4v) is 0.215. The Morgan fingerprint density at radius 2 is 1.56 bits per heavy atom. The van der Waals surface area contributed by atoms with Crippen LogP contribution < -0.4 is 0 Å². The van der Waals surface area contributed by atoms with Gasteiger partial charge in [0.05, 0.1) is 6.33 Å². The van der Waals surface area contributed by atoms with Crippen LogP contribution in [0.3, 0.4) is 0 Å². The summed E-state index contributed by atoms with van der Waals surface area (Å²) in [5, 5.41) is 0. The number of nitrogens with one attached hydrogen (secondary N) is 1. The van der Waals surface area contributed by atoms with E-state index in [1.54, 1.807) is 18.7 Å². The Kier molecular flexibility index (Phi) is 39.9. The van der Waals surface area contributed by atoms with Crippen molar-refractivity contribution < 1.29 is 0 Å². The molecule has 9 heavy (non-hydrogen) atoms. The Labute approximate surface area is 78.5 Å². The second-order valence-electron chi connectivity index (χ2n) is 0.761. The van der Waals surface area contributed by atoms with Crippen LogP contribution in [0, 0.1) is 0 Å². The van der Waals surface area contributed by atoms with E-state index in [2.05, 4.69) is 9.97 Å². The zero-order valence-electron chi connectivity index (χ0n) is 4.31. The van der Waals surface area contributed by atoms with Crippen molar-refractivity contribution in [2.75, 3.05) is 0 Å². The Balaban J connectivity index is -0.0000000312. The first-order valence-electron chi connectivity index (χ1n) is 1.43. The zero-order chi connectivity index (χ0) is 3.54. The molecule has 2 nitrogen and oxygen atoms in total. The summed E-state index contributed by atoms with van der Waals surface area (Å²) in [7, 11) is 0. The highest BCUT2D eigenvalue weighted by Gasteiger charge is 1.56. The standard InChI is InChI=1S/C3H4N2.4ClH/c1-2-5-3-4-1;;;;/h1-3H,(H,4,5);4*1H. The normalized spacial score (nSPS) is 4.44. The van der Waals surface area contributed by atoms with Crippen molar-refractivity contribution in [2.45, 2.75) is 0 Å². The highest BCUT2D eigenvalue weighted by atomic mass is 35.5. The van der Waals surface area contributed by atoms with Gasteiger partial charge in [0, 0.05) is 12.4 Å². The third-order valence-electron chi connectivity index (χ3n) is 0.406. The molecule has 58 valence electrons. The monoisotopic (exact) mass is 212 g/mol. The van der Waals surface area contributed by atoms with Crippen LogP contribution in [0.1, 0.15) is 0 Å². The van der Waals surface area contributed by atoms with Crippen molar-refractivity contribution in [1.82, 2.24) is 9.97 Å². The van der Waals surface area contributed by atoms with E-state index in [1.807, 2.05) is 0 Å². The van der Waals surface area contributed by atoms with E-state index in [4.69, 9.17) is 0 Å². The number of hydrogen-bond donors (Lipinski definition) is 1. The lowest BCUT2D eigenvalue weighted by Gasteiger charge is -1.46. The van der Waals surface area contributed by atoms with E-state index >= 15 is 0 Å². The number of hydrogen-bond acceptors (Lipinski definition) is 1. The van der Waals surface area contributed by atoms with E-state index in [0.29, 0.717) is 0 Å².